The average molecular weight is 630 g/mol. The number of carbonyl (C=O) groups excluding carboxylic acids is 1. The van der Waals surface area contributed by atoms with Crippen molar-refractivity contribution < 1.29 is 33.3 Å². The number of rotatable bonds is 13. The fourth-order valence-electron chi connectivity index (χ4n) is 5.60. The number of aliphatic carboxylic acids is 1. The Hall–Kier alpha value is -5.63. The Morgan fingerprint density at radius 2 is 1.66 bits per heavy atom. The van der Waals surface area contributed by atoms with Gasteiger partial charge in [0, 0.05) is 23.1 Å². The van der Waals surface area contributed by atoms with E-state index in [4.69, 9.17) is 18.6 Å². The summed E-state index contributed by atoms with van der Waals surface area (Å²) in [7, 11) is 1.52. The lowest BCUT2D eigenvalue weighted by atomic mass is 9.98. The van der Waals surface area contributed by atoms with Crippen LogP contribution in [0.4, 0.5) is 0 Å². The molecule has 1 aliphatic carbocycles. The highest BCUT2D eigenvalue weighted by atomic mass is 16.5. The molecule has 0 amide bonds. The number of oxazole rings is 1. The van der Waals surface area contributed by atoms with Crippen molar-refractivity contribution in [1.29, 1.82) is 0 Å². The number of carboxylic acids is 1. The number of allylic oxidation sites excluding steroid dienone is 1. The standard InChI is InChI=1S/C39H35NO7/c1-25-32(40-38(46-25)26-10-4-3-5-11-26)24-45-34-21-18-28(27-16-19-31-29(22-27)17-20-33(31)41)23-30(34)12-6-7-15-37(39(42)43)47-36-14-9-8-13-35(36)44-2/h3-6,8-14,16,18-19,21-23,37H,7,15,17,20,24H2,1-2H3,(H,42,43)/b12-6+. The van der Waals surface area contributed by atoms with Crippen molar-refractivity contribution in [3.05, 3.63) is 125 Å². The van der Waals surface area contributed by atoms with Crippen LogP contribution in [0.5, 0.6) is 17.2 Å². The number of benzene rings is 4. The molecule has 1 N–H and O–H groups in total. The van der Waals surface area contributed by atoms with Crippen LogP contribution in [-0.4, -0.2) is 35.1 Å². The first-order chi connectivity index (χ1) is 22.9. The number of methoxy groups -OCH3 is 1. The summed E-state index contributed by atoms with van der Waals surface area (Å²) >= 11 is 0. The molecule has 8 heteroatoms. The fraction of sp³-hybridized carbons (Fsp3) is 0.205. The van der Waals surface area contributed by atoms with Gasteiger partial charge in [0.15, 0.2) is 23.4 Å². The van der Waals surface area contributed by atoms with Gasteiger partial charge in [-0.25, -0.2) is 9.78 Å². The molecule has 0 aliphatic heterocycles. The quantitative estimate of drug-likeness (QED) is 0.138. The summed E-state index contributed by atoms with van der Waals surface area (Å²) in [4.78, 5) is 28.9. The molecule has 8 nitrogen and oxygen atoms in total. The van der Waals surface area contributed by atoms with Gasteiger partial charge >= 0.3 is 5.97 Å². The predicted octanol–water partition coefficient (Wildman–Crippen LogP) is 8.36. The summed E-state index contributed by atoms with van der Waals surface area (Å²) in [5, 5.41) is 9.83. The molecule has 4 aromatic carbocycles. The maximum Gasteiger partial charge on any atom is 0.344 e. The highest BCUT2D eigenvalue weighted by Crippen LogP contribution is 2.33. The number of hydrogen-bond donors (Lipinski definition) is 1. The molecule has 5 aromatic rings. The third-order valence-electron chi connectivity index (χ3n) is 8.15. The number of fused-ring (bicyclic) bond motifs is 1. The molecule has 1 heterocycles. The molecule has 1 aliphatic rings. The molecule has 0 bridgehead atoms. The van der Waals surface area contributed by atoms with E-state index in [0.717, 1.165) is 39.8 Å². The van der Waals surface area contributed by atoms with Crippen LogP contribution in [0.1, 0.15) is 52.2 Å². The van der Waals surface area contributed by atoms with Gasteiger partial charge in [0.1, 0.15) is 23.8 Å². The van der Waals surface area contributed by atoms with Crippen LogP contribution in [0.25, 0.3) is 28.7 Å². The van der Waals surface area contributed by atoms with Crippen molar-refractivity contribution in [1.82, 2.24) is 4.98 Å². The van der Waals surface area contributed by atoms with Gasteiger partial charge in [-0.15, -0.1) is 0 Å². The first-order valence-corrected chi connectivity index (χ1v) is 15.5. The lowest BCUT2D eigenvalue weighted by Crippen LogP contribution is -2.26. The van der Waals surface area contributed by atoms with E-state index < -0.39 is 12.1 Å². The lowest BCUT2D eigenvalue weighted by Gasteiger charge is -2.16. The Morgan fingerprint density at radius 3 is 2.45 bits per heavy atom. The van der Waals surface area contributed by atoms with Crippen molar-refractivity contribution in [3.8, 4) is 39.8 Å². The Bertz CT molecular complexity index is 1930. The number of carbonyl (C=O) groups is 2. The zero-order valence-corrected chi connectivity index (χ0v) is 26.3. The summed E-state index contributed by atoms with van der Waals surface area (Å²) in [6.45, 7) is 2.07. The van der Waals surface area contributed by atoms with E-state index in [1.165, 1.54) is 7.11 Å². The summed E-state index contributed by atoms with van der Waals surface area (Å²) < 4.78 is 23.3. The van der Waals surface area contributed by atoms with Crippen molar-refractivity contribution >= 4 is 17.8 Å². The summed E-state index contributed by atoms with van der Waals surface area (Å²) in [5.74, 6) is 1.85. The largest absolute Gasteiger partial charge is 0.493 e. The lowest BCUT2D eigenvalue weighted by molar-refractivity contribution is -0.145. The normalized spacial score (nSPS) is 13.0. The van der Waals surface area contributed by atoms with Crippen molar-refractivity contribution in [2.45, 2.75) is 45.3 Å². The van der Waals surface area contributed by atoms with E-state index >= 15 is 0 Å². The van der Waals surface area contributed by atoms with Crippen molar-refractivity contribution in [3.63, 3.8) is 0 Å². The molecular formula is C39H35NO7. The van der Waals surface area contributed by atoms with Crippen LogP contribution < -0.4 is 14.2 Å². The highest BCUT2D eigenvalue weighted by Gasteiger charge is 2.21. The predicted molar refractivity (Wildman–Crippen MR) is 179 cm³/mol. The first-order valence-electron chi connectivity index (χ1n) is 15.5. The molecule has 0 saturated heterocycles. The van der Waals surface area contributed by atoms with E-state index in [-0.39, 0.29) is 18.8 Å². The summed E-state index contributed by atoms with van der Waals surface area (Å²) in [6, 6.07) is 28.6. The van der Waals surface area contributed by atoms with Crippen LogP contribution >= 0.6 is 0 Å². The first kappa shape index (κ1) is 31.4. The van der Waals surface area contributed by atoms with Crippen molar-refractivity contribution in [2.75, 3.05) is 7.11 Å². The van der Waals surface area contributed by atoms with Crippen LogP contribution in [0.2, 0.25) is 0 Å². The van der Waals surface area contributed by atoms with E-state index in [9.17, 15) is 14.7 Å². The fourth-order valence-corrected chi connectivity index (χ4v) is 5.60. The Kier molecular flexibility index (Phi) is 9.48. The van der Waals surface area contributed by atoms with Crippen LogP contribution in [0.3, 0.4) is 0 Å². The van der Waals surface area contributed by atoms with Gasteiger partial charge in [0.05, 0.1) is 7.11 Å². The molecule has 238 valence electrons. The van der Waals surface area contributed by atoms with Gasteiger partial charge in [0.2, 0.25) is 5.89 Å². The molecule has 6 rings (SSSR count). The smallest absolute Gasteiger partial charge is 0.344 e. The monoisotopic (exact) mass is 629 g/mol. The number of aromatic nitrogens is 1. The number of ketones is 1. The van der Waals surface area contributed by atoms with E-state index in [1.54, 1.807) is 24.3 Å². The van der Waals surface area contributed by atoms with Crippen molar-refractivity contribution in [2.24, 2.45) is 0 Å². The number of Topliss-reactive ketones (excluding diaryl/α,β-unsaturated/α-hetero) is 1. The minimum atomic E-state index is -1.05. The zero-order valence-electron chi connectivity index (χ0n) is 26.3. The van der Waals surface area contributed by atoms with Gasteiger partial charge < -0.3 is 23.7 Å². The van der Waals surface area contributed by atoms with E-state index in [0.29, 0.717) is 47.4 Å². The molecular weight excluding hydrogens is 594 g/mol. The Balaban J connectivity index is 1.22. The van der Waals surface area contributed by atoms with Crippen LogP contribution in [0, 0.1) is 6.92 Å². The maximum atomic E-state index is 12.2. The minimum absolute atomic E-state index is 0.187. The number of nitrogens with zero attached hydrogens (tertiary/aromatic N) is 1. The third kappa shape index (κ3) is 7.28. The minimum Gasteiger partial charge on any atom is -0.493 e. The number of ether oxygens (including phenoxy) is 3. The van der Waals surface area contributed by atoms with Gasteiger partial charge in [-0.05, 0) is 79.3 Å². The van der Waals surface area contributed by atoms with Gasteiger partial charge in [-0.2, -0.15) is 0 Å². The Labute approximate surface area is 273 Å². The molecule has 1 aromatic heterocycles. The van der Waals surface area contributed by atoms with Crippen LogP contribution in [0.15, 0.2) is 101 Å². The molecule has 1 atom stereocenters. The number of carboxylic acid groups (broad SMARTS) is 1. The molecule has 0 fully saturated rings. The van der Waals surface area contributed by atoms with Gasteiger partial charge in [-0.1, -0.05) is 66.7 Å². The maximum absolute atomic E-state index is 12.2. The van der Waals surface area contributed by atoms with Gasteiger partial charge in [0.25, 0.3) is 0 Å². The Morgan fingerprint density at radius 1 is 0.915 bits per heavy atom. The van der Waals surface area contributed by atoms with E-state index in [2.05, 4.69) is 11.1 Å². The second kappa shape index (κ2) is 14.2. The molecule has 1 unspecified atom stereocenters. The van der Waals surface area contributed by atoms with Crippen LogP contribution in [-0.2, 0) is 17.8 Å². The second-order valence-corrected chi connectivity index (χ2v) is 11.3. The molecule has 0 spiro atoms. The second-order valence-electron chi connectivity index (χ2n) is 11.3. The van der Waals surface area contributed by atoms with Gasteiger partial charge in [-0.3, -0.25) is 4.79 Å². The SMILES string of the molecule is COc1ccccc1OC(CC/C=C/c1cc(-c2ccc3c(c2)CCC3=O)ccc1OCc1nc(-c2ccccc2)oc1C)C(=O)O. The van der Waals surface area contributed by atoms with E-state index in [1.807, 2.05) is 79.7 Å². The third-order valence-corrected chi connectivity index (χ3v) is 8.15. The summed E-state index contributed by atoms with van der Waals surface area (Å²) in [6.07, 6.45) is 4.79. The molecule has 47 heavy (non-hydrogen) atoms. The highest BCUT2D eigenvalue weighted by molar-refractivity contribution is 6.01. The number of aryl methyl sites for hydroxylation is 2. The number of para-hydroxylation sites is 2. The molecule has 0 radical (unpaired) electrons. The average Bonchev–Trinajstić information content (AvgIpc) is 3.66. The molecule has 0 saturated carbocycles. The summed E-state index contributed by atoms with van der Waals surface area (Å²) in [5.41, 5.74) is 6.26. The number of hydrogen-bond acceptors (Lipinski definition) is 7. The zero-order chi connectivity index (χ0) is 32.8. The topological polar surface area (TPSA) is 108 Å².